The molecule has 0 spiro atoms. The first-order valence-electron chi connectivity index (χ1n) is 11.5. The van der Waals surface area contributed by atoms with E-state index in [-0.39, 0.29) is 5.92 Å². The molecule has 4 fully saturated rings. The van der Waals surface area contributed by atoms with Crippen molar-refractivity contribution < 1.29 is 9.90 Å². The van der Waals surface area contributed by atoms with Crippen LogP contribution in [0.5, 0.6) is 0 Å². The van der Waals surface area contributed by atoms with E-state index in [2.05, 4.69) is 48.5 Å². The van der Waals surface area contributed by atoms with Crippen LogP contribution in [0.3, 0.4) is 0 Å². The number of hydrogen-bond donors (Lipinski definition) is 1. The molecule has 1 unspecified atom stereocenters. The average Bonchev–Trinajstić information content (AvgIpc) is 2.73. The maximum Gasteiger partial charge on any atom is 0.307 e. The van der Waals surface area contributed by atoms with Gasteiger partial charge in [-0.1, -0.05) is 55.5 Å². The molecule has 4 aliphatic carbocycles. The second-order valence-corrected chi connectivity index (χ2v) is 11.3. The van der Waals surface area contributed by atoms with Crippen LogP contribution in [0.1, 0.15) is 56.6 Å². The van der Waals surface area contributed by atoms with Crippen molar-refractivity contribution in [3.8, 4) is 11.1 Å². The SMILES string of the molecule is CC(CSCc1cccc(-c2cccc(C34CC5CC(CC(C5)C3)C4)c2)c1)C(=O)O. The molecule has 0 aromatic heterocycles. The van der Waals surface area contributed by atoms with E-state index in [1.54, 1.807) is 24.2 Å². The summed E-state index contributed by atoms with van der Waals surface area (Å²) in [6, 6.07) is 18.2. The third kappa shape index (κ3) is 3.93. The lowest BCUT2D eigenvalue weighted by Gasteiger charge is -2.57. The zero-order valence-electron chi connectivity index (χ0n) is 17.8. The minimum Gasteiger partial charge on any atom is -0.481 e. The van der Waals surface area contributed by atoms with E-state index in [0.29, 0.717) is 11.2 Å². The van der Waals surface area contributed by atoms with E-state index in [1.807, 2.05) is 0 Å². The topological polar surface area (TPSA) is 37.3 Å². The highest BCUT2D eigenvalue weighted by Gasteiger charge is 2.51. The number of aliphatic carboxylic acids is 1. The fourth-order valence-electron chi connectivity index (χ4n) is 6.76. The summed E-state index contributed by atoms with van der Waals surface area (Å²) in [5.74, 6) is 3.41. The number of carboxylic acids is 1. The Balaban J connectivity index is 1.34. The van der Waals surface area contributed by atoms with Crippen LogP contribution in [0.25, 0.3) is 11.1 Å². The van der Waals surface area contributed by atoms with Gasteiger partial charge < -0.3 is 5.11 Å². The van der Waals surface area contributed by atoms with E-state index in [4.69, 9.17) is 5.11 Å². The summed E-state index contributed by atoms with van der Waals surface area (Å²) in [4.78, 5) is 11.0. The van der Waals surface area contributed by atoms with Crippen molar-refractivity contribution in [3.63, 3.8) is 0 Å². The van der Waals surface area contributed by atoms with Gasteiger partial charge in [0, 0.05) is 11.5 Å². The van der Waals surface area contributed by atoms with Crippen LogP contribution in [-0.4, -0.2) is 16.8 Å². The van der Waals surface area contributed by atoms with Gasteiger partial charge in [-0.3, -0.25) is 4.79 Å². The average molecular weight is 421 g/mol. The Morgan fingerprint density at radius 3 is 2.23 bits per heavy atom. The quantitative estimate of drug-likeness (QED) is 0.537. The van der Waals surface area contributed by atoms with Gasteiger partial charge in [0.15, 0.2) is 0 Å². The third-order valence-electron chi connectivity index (χ3n) is 7.83. The van der Waals surface area contributed by atoms with Gasteiger partial charge in [0.2, 0.25) is 0 Å². The lowest BCUT2D eigenvalue weighted by molar-refractivity contribution is -0.140. The fourth-order valence-corrected chi connectivity index (χ4v) is 7.79. The van der Waals surface area contributed by atoms with Crippen LogP contribution < -0.4 is 0 Å². The molecule has 2 aromatic rings. The summed E-state index contributed by atoms with van der Waals surface area (Å²) in [5, 5.41) is 9.07. The number of carbonyl (C=O) groups is 1. The summed E-state index contributed by atoms with van der Waals surface area (Å²) >= 11 is 1.71. The van der Waals surface area contributed by atoms with Crippen molar-refractivity contribution >= 4 is 17.7 Å². The molecule has 4 aliphatic rings. The molecule has 0 saturated heterocycles. The van der Waals surface area contributed by atoms with Crippen LogP contribution >= 0.6 is 11.8 Å². The Morgan fingerprint density at radius 1 is 1.00 bits per heavy atom. The highest BCUT2D eigenvalue weighted by Crippen LogP contribution is 2.60. The molecule has 30 heavy (non-hydrogen) atoms. The maximum atomic E-state index is 11.0. The predicted molar refractivity (Wildman–Crippen MR) is 125 cm³/mol. The first-order valence-corrected chi connectivity index (χ1v) is 12.7. The van der Waals surface area contributed by atoms with Crippen molar-refractivity contribution in [1.82, 2.24) is 0 Å². The van der Waals surface area contributed by atoms with E-state index in [1.165, 1.54) is 55.2 Å². The molecular formula is C27H32O2S. The van der Waals surface area contributed by atoms with Gasteiger partial charge in [0.1, 0.15) is 0 Å². The molecule has 158 valence electrons. The molecule has 1 N–H and O–H groups in total. The lowest BCUT2D eigenvalue weighted by atomic mass is 9.48. The van der Waals surface area contributed by atoms with Crippen molar-refractivity contribution in [2.75, 3.05) is 5.75 Å². The van der Waals surface area contributed by atoms with Gasteiger partial charge in [-0.15, -0.1) is 0 Å². The van der Waals surface area contributed by atoms with Gasteiger partial charge in [-0.2, -0.15) is 11.8 Å². The van der Waals surface area contributed by atoms with Gasteiger partial charge in [-0.25, -0.2) is 0 Å². The number of benzene rings is 2. The number of carboxylic acid groups (broad SMARTS) is 1. The first-order chi connectivity index (χ1) is 14.5. The lowest BCUT2D eigenvalue weighted by Crippen LogP contribution is -2.48. The zero-order valence-corrected chi connectivity index (χ0v) is 18.7. The highest BCUT2D eigenvalue weighted by molar-refractivity contribution is 7.98. The number of hydrogen-bond acceptors (Lipinski definition) is 2. The molecule has 3 heteroatoms. The third-order valence-corrected chi connectivity index (χ3v) is 9.10. The number of rotatable bonds is 7. The molecule has 4 saturated carbocycles. The molecule has 0 radical (unpaired) electrons. The smallest absolute Gasteiger partial charge is 0.307 e. The highest BCUT2D eigenvalue weighted by atomic mass is 32.2. The van der Waals surface area contributed by atoms with Crippen LogP contribution in [0.2, 0.25) is 0 Å². The monoisotopic (exact) mass is 420 g/mol. The molecule has 1 atom stereocenters. The van der Waals surface area contributed by atoms with Crippen LogP contribution in [0, 0.1) is 23.7 Å². The van der Waals surface area contributed by atoms with Crippen LogP contribution in [0.4, 0.5) is 0 Å². The Bertz CT molecular complexity index is 899. The van der Waals surface area contributed by atoms with Crippen molar-refractivity contribution in [3.05, 3.63) is 59.7 Å². The van der Waals surface area contributed by atoms with Gasteiger partial charge in [0.25, 0.3) is 0 Å². The second kappa shape index (κ2) is 8.07. The Morgan fingerprint density at radius 2 is 1.60 bits per heavy atom. The van der Waals surface area contributed by atoms with E-state index >= 15 is 0 Å². The Labute approximate surface area is 184 Å². The normalized spacial score (nSPS) is 30.4. The molecular weight excluding hydrogens is 388 g/mol. The summed E-state index contributed by atoms with van der Waals surface area (Å²) in [6.45, 7) is 1.78. The summed E-state index contributed by atoms with van der Waals surface area (Å²) in [5.41, 5.74) is 5.90. The number of thioether (sulfide) groups is 1. The van der Waals surface area contributed by atoms with Crippen molar-refractivity contribution in [2.24, 2.45) is 23.7 Å². The molecule has 0 amide bonds. The van der Waals surface area contributed by atoms with Gasteiger partial charge in [0.05, 0.1) is 5.92 Å². The van der Waals surface area contributed by atoms with E-state index in [0.717, 1.165) is 23.5 Å². The maximum absolute atomic E-state index is 11.0. The largest absolute Gasteiger partial charge is 0.481 e. The van der Waals surface area contributed by atoms with Crippen molar-refractivity contribution in [1.29, 1.82) is 0 Å². The molecule has 4 bridgehead atoms. The fraction of sp³-hybridized carbons (Fsp3) is 0.519. The molecule has 0 heterocycles. The first kappa shape index (κ1) is 20.2. The summed E-state index contributed by atoms with van der Waals surface area (Å²) in [6.07, 6.45) is 8.67. The summed E-state index contributed by atoms with van der Waals surface area (Å²) in [7, 11) is 0. The van der Waals surface area contributed by atoms with Crippen LogP contribution in [-0.2, 0) is 16.0 Å². The minimum atomic E-state index is -0.710. The van der Waals surface area contributed by atoms with Gasteiger partial charge >= 0.3 is 5.97 Å². The molecule has 0 aliphatic heterocycles. The van der Waals surface area contributed by atoms with E-state index < -0.39 is 5.97 Å². The van der Waals surface area contributed by atoms with Crippen LogP contribution in [0.15, 0.2) is 48.5 Å². The second-order valence-electron chi connectivity index (χ2n) is 10.2. The minimum absolute atomic E-state index is 0.296. The molecule has 6 rings (SSSR count). The van der Waals surface area contributed by atoms with Crippen molar-refractivity contribution in [2.45, 2.75) is 56.6 Å². The predicted octanol–water partition coefficient (Wildman–Crippen LogP) is 6.78. The Hall–Kier alpha value is -1.74. The zero-order chi connectivity index (χ0) is 20.7. The van der Waals surface area contributed by atoms with Gasteiger partial charge in [-0.05, 0) is 83.9 Å². The Kier molecular flexibility index (Phi) is 5.43. The molecule has 2 nitrogen and oxygen atoms in total. The van der Waals surface area contributed by atoms with E-state index in [9.17, 15) is 4.79 Å². The standard InChI is InChI=1S/C27H32O2S/c1-18(26(28)29)16-30-17-19-4-2-5-23(11-19)24-6-3-7-25(12-24)27-13-20-8-21(14-27)10-22(9-20)15-27/h2-7,11-12,18,20-22H,8-10,13-17H2,1H3,(H,28,29). The molecule has 2 aromatic carbocycles. The summed E-state index contributed by atoms with van der Waals surface area (Å²) < 4.78 is 0.